The predicted octanol–water partition coefficient (Wildman–Crippen LogP) is 3.76. The number of urea groups is 1. The number of nitrogens with zero attached hydrogens (tertiary/aromatic N) is 3. The molecule has 3 amide bonds. The van der Waals surface area contributed by atoms with Gasteiger partial charge in [0.2, 0.25) is 5.91 Å². The minimum Gasteiger partial charge on any atom is -0.336 e. The Morgan fingerprint density at radius 1 is 1.31 bits per heavy atom. The standard InChI is InChI=1S/C17H13BrN4O2S2/c18-11-3-1-10(2-4-11)13-7-12-15(26-13)16(21-9-20-12)25-8-14(23)22-6-5-19-17(22)24/h1-4,7,9H,5-6,8H2,(H,19,24). The zero-order valence-corrected chi connectivity index (χ0v) is 16.7. The summed E-state index contributed by atoms with van der Waals surface area (Å²) in [7, 11) is 0. The molecule has 2 aromatic heterocycles. The van der Waals surface area contributed by atoms with E-state index in [1.54, 1.807) is 11.3 Å². The van der Waals surface area contributed by atoms with Crippen LogP contribution in [0.2, 0.25) is 0 Å². The van der Waals surface area contributed by atoms with Gasteiger partial charge in [-0.15, -0.1) is 11.3 Å². The molecule has 132 valence electrons. The van der Waals surface area contributed by atoms with Crippen molar-refractivity contribution in [2.24, 2.45) is 0 Å². The number of thiophene rings is 1. The van der Waals surface area contributed by atoms with E-state index in [4.69, 9.17) is 0 Å². The van der Waals surface area contributed by atoms with E-state index in [-0.39, 0.29) is 17.7 Å². The predicted molar refractivity (Wildman–Crippen MR) is 106 cm³/mol. The molecule has 1 aliphatic rings. The first-order chi connectivity index (χ1) is 12.6. The minimum absolute atomic E-state index is 0.172. The summed E-state index contributed by atoms with van der Waals surface area (Å²) in [6.07, 6.45) is 1.51. The summed E-state index contributed by atoms with van der Waals surface area (Å²) in [6, 6.07) is 9.80. The average molecular weight is 449 g/mol. The number of hydrogen-bond donors (Lipinski definition) is 1. The lowest BCUT2D eigenvalue weighted by Crippen LogP contribution is -2.35. The number of benzene rings is 1. The summed E-state index contributed by atoms with van der Waals surface area (Å²) < 4.78 is 1.98. The molecule has 0 spiro atoms. The van der Waals surface area contributed by atoms with E-state index in [9.17, 15) is 9.59 Å². The second-order valence-corrected chi connectivity index (χ2v) is 8.51. The number of imide groups is 1. The summed E-state index contributed by atoms with van der Waals surface area (Å²) >= 11 is 6.38. The van der Waals surface area contributed by atoms with Gasteiger partial charge in [-0.3, -0.25) is 9.69 Å². The summed E-state index contributed by atoms with van der Waals surface area (Å²) in [5, 5.41) is 3.39. The number of halogens is 1. The van der Waals surface area contributed by atoms with E-state index >= 15 is 0 Å². The van der Waals surface area contributed by atoms with Crippen molar-refractivity contribution in [1.29, 1.82) is 0 Å². The Morgan fingerprint density at radius 2 is 2.12 bits per heavy atom. The molecule has 1 aliphatic heterocycles. The lowest BCUT2D eigenvalue weighted by molar-refractivity contribution is -0.124. The number of hydrogen-bond acceptors (Lipinski definition) is 6. The van der Waals surface area contributed by atoms with Crippen molar-refractivity contribution in [3.05, 3.63) is 41.1 Å². The molecule has 1 N–H and O–H groups in total. The molecule has 0 bridgehead atoms. The van der Waals surface area contributed by atoms with Crippen molar-refractivity contribution in [2.45, 2.75) is 5.03 Å². The molecule has 0 unspecified atom stereocenters. The SMILES string of the molecule is O=C(CSc1ncnc2cc(-c3ccc(Br)cc3)sc12)N1CCNC1=O. The number of thioether (sulfide) groups is 1. The lowest BCUT2D eigenvalue weighted by atomic mass is 10.2. The van der Waals surface area contributed by atoms with E-state index in [2.05, 4.69) is 31.2 Å². The summed E-state index contributed by atoms with van der Waals surface area (Å²) in [4.78, 5) is 34.8. The number of amides is 3. The molecule has 0 atom stereocenters. The highest BCUT2D eigenvalue weighted by molar-refractivity contribution is 9.10. The maximum absolute atomic E-state index is 12.2. The molecule has 1 saturated heterocycles. The third-order valence-corrected chi connectivity index (χ3v) is 6.71. The number of carbonyl (C=O) groups is 2. The van der Waals surface area contributed by atoms with Gasteiger partial charge in [-0.2, -0.15) is 0 Å². The highest BCUT2D eigenvalue weighted by atomic mass is 79.9. The van der Waals surface area contributed by atoms with Gasteiger partial charge >= 0.3 is 6.03 Å². The van der Waals surface area contributed by atoms with Gasteiger partial charge in [0.05, 0.1) is 16.0 Å². The van der Waals surface area contributed by atoms with Crippen molar-refractivity contribution in [3.8, 4) is 10.4 Å². The van der Waals surface area contributed by atoms with Crippen LogP contribution >= 0.6 is 39.0 Å². The number of aromatic nitrogens is 2. The normalized spacial score (nSPS) is 14.0. The van der Waals surface area contributed by atoms with Crippen LogP contribution in [0, 0.1) is 0 Å². The Morgan fingerprint density at radius 3 is 2.85 bits per heavy atom. The van der Waals surface area contributed by atoms with E-state index in [0.29, 0.717) is 13.1 Å². The highest BCUT2D eigenvalue weighted by Gasteiger charge is 2.26. The number of carbonyl (C=O) groups excluding carboxylic acids is 2. The Labute approximate surface area is 166 Å². The van der Waals surface area contributed by atoms with Gasteiger partial charge in [0.1, 0.15) is 11.4 Å². The second-order valence-electron chi connectivity index (χ2n) is 5.58. The van der Waals surface area contributed by atoms with Crippen LogP contribution < -0.4 is 5.32 Å². The first-order valence-electron chi connectivity index (χ1n) is 7.83. The monoisotopic (exact) mass is 448 g/mol. The zero-order chi connectivity index (χ0) is 18.1. The van der Waals surface area contributed by atoms with Gasteiger partial charge in [-0.25, -0.2) is 14.8 Å². The van der Waals surface area contributed by atoms with Crippen LogP contribution in [-0.4, -0.2) is 45.6 Å². The molecule has 1 fully saturated rings. The maximum atomic E-state index is 12.2. The van der Waals surface area contributed by atoms with Crippen LogP contribution in [0.4, 0.5) is 4.79 Å². The minimum atomic E-state index is -0.322. The topological polar surface area (TPSA) is 75.2 Å². The molecular weight excluding hydrogens is 436 g/mol. The fraction of sp³-hybridized carbons (Fsp3) is 0.176. The maximum Gasteiger partial charge on any atom is 0.324 e. The fourth-order valence-electron chi connectivity index (χ4n) is 2.61. The van der Waals surface area contributed by atoms with E-state index in [1.807, 2.05) is 30.3 Å². The zero-order valence-electron chi connectivity index (χ0n) is 13.4. The molecule has 26 heavy (non-hydrogen) atoms. The molecule has 9 heteroatoms. The summed E-state index contributed by atoms with van der Waals surface area (Å²) in [5.41, 5.74) is 1.97. The molecule has 0 radical (unpaired) electrons. The summed E-state index contributed by atoms with van der Waals surface area (Å²) in [5.74, 6) is -0.0353. The molecule has 3 aromatic rings. The largest absolute Gasteiger partial charge is 0.336 e. The van der Waals surface area contributed by atoms with Gasteiger partial charge < -0.3 is 5.32 Å². The van der Waals surface area contributed by atoms with E-state index in [0.717, 1.165) is 30.2 Å². The van der Waals surface area contributed by atoms with Gasteiger partial charge in [0.15, 0.2) is 0 Å². The van der Waals surface area contributed by atoms with E-state index in [1.165, 1.54) is 23.0 Å². The Balaban J connectivity index is 1.56. The molecule has 6 nitrogen and oxygen atoms in total. The average Bonchev–Trinajstić information content (AvgIpc) is 3.26. The summed E-state index contributed by atoms with van der Waals surface area (Å²) in [6.45, 7) is 0.929. The first-order valence-corrected chi connectivity index (χ1v) is 10.4. The number of fused-ring (bicyclic) bond motifs is 1. The van der Waals surface area contributed by atoms with E-state index < -0.39 is 0 Å². The molecular formula is C17H13BrN4O2S2. The number of nitrogens with one attached hydrogen (secondary N) is 1. The van der Waals surface area contributed by atoms with Gasteiger partial charge in [-0.05, 0) is 23.8 Å². The Hall–Kier alpha value is -1.97. The van der Waals surface area contributed by atoms with Crippen LogP contribution in [0.25, 0.3) is 20.7 Å². The van der Waals surface area contributed by atoms with Crippen LogP contribution in [0.1, 0.15) is 0 Å². The molecule has 1 aromatic carbocycles. The second kappa shape index (κ2) is 7.34. The highest BCUT2D eigenvalue weighted by Crippen LogP contribution is 2.37. The molecule has 0 aliphatic carbocycles. The van der Waals surface area contributed by atoms with Gasteiger partial charge in [0, 0.05) is 22.4 Å². The molecule has 4 rings (SSSR count). The number of rotatable bonds is 4. The van der Waals surface area contributed by atoms with Crippen molar-refractivity contribution in [1.82, 2.24) is 20.2 Å². The first kappa shape index (κ1) is 17.4. The van der Waals surface area contributed by atoms with Crippen molar-refractivity contribution >= 4 is 61.2 Å². The van der Waals surface area contributed by atoms with Crippen molar-refractivity contribution < 1.29 is 9.59 Å². The third kappa shape index (κ3) is 3.46. The van der Waals surface area contributed by atoms with Crippen LogP contribution in [0.5, 0.6) is 0 Å². The van der Waals surface area contributed by atoms with Gasteiger partial charge in [-0.1, -0.05) is 39.8 Å². The lowest BCUT2D eigenvalue weighted by Gasteiger charge is -2.11. The van der Waals surface area contributed by atoms with Crippen molar-refractivity contribution in [3.63, 3.8) is 0 Å². The quantitative estimate of drug-likeness (QED) is 0.485. The molecule has 0 saturated carbocycles. The van der Waals surface area contributed by atoms with Crippen LogP contribution in [0.3, 0.4) is 0 Å². The van der Waals surface area contributed by atoms with Crippen molar-refractivity contribution in [2.75, 3.05) is 18.8 Å². The third-order valence-electron chi connectivity index (χ3n) is 3.90. The Kier molecular flexibility index (Phi) is 4.92. The smallest absolute Gasteiger partial charge is 0.324 e. The van der Waals surface area contributed by atoms with Crippen LogP contribution in [0.15, 0.2) is 46.2 Å². The Bertz CT molecular complexity index is 990. The van der Waals surface area contributed by atoms with Crippen LogP contribution in [-0.2, 0) is 4.79 Å². The van der Waals surface area contributed by atoms with Gasteiger partial charge in [0.25, 0.3) is 0 Å². The fourth-order valence-corrected chi connectivity index (χ4v) is 4.95. The molecule has 3 heterocycles.